The number of aliphatic imine (C=N–C) groups is 1. The molecule has 2 atom stereocenters. The predicted molar refractivity (Wildman–Crippen MR) is 123 cm³/mol. The van der Waals surface area contributed by atoms with Gasteiger partial charge in [0.05, 0.1) is 0 Å². The van der Waals surface area contributed by atoms with Gasteiger partial charge in [0.15, 0.2) is 5.96 Å². The van der Waals surface area contributed by atoms with Crippen molar-refractivity contribution in [1.82, 2.24) is 20.5 Å². The first kappa shape index (κ1) is 20.3. The van der Waals surface area contributed by atoms with Crippen LogP contribution in [0.25, 0.3) is 10.9 Å². The van der Waals surface area contributed by atoms with Crippen LogP contribution in [0, 0.1) is 0 Å². The molecule has 3 N–H and O–H groups in total. The van der Waals surface area contributed by atoms with Crippen molar-refractivity contribution in [1.29, 1.82) is 0 Å². The lowest BCUT2D eigenvalue weighted by Gasteiger charge is -2.47. The predicted octanol–water partition coefficient (Wildman–Crippen LogP) is 3.84. The Morgan fingerprint density at radius 1 is 1.17 bits per heavy atom. The molecule has 4 rings (SSSR count). The fourth-order valence-electron chi connectivity index (χ4n) is 5.31. The molecule has 29 heavy (non-hydrogen) atoms. The van der Waals surface area contributed by atoms with E-state index in [-0.39, 0.29) is 0 Å². The van der Waals surface area contributed by atoms with Gasteiger partial charge in [-0.15, -0.1) is 0 Å². The maximum atomic E-state index is 4.91. The van der Waals surface area contributed by atoms with E-state index in [0.29, 0.717) is 6.04 Å². The number of fused-ring (bicyclic) bond motifs is 3. The standard InChI is InChI=1S/C24H37N5/c1-4-17-8-6-11-22-18(16-27-23(17)22)12-13-26-24(25-5-2)28-19-14-20-9-7-10-21(15-19)29(20)3/h6,8,11,16,19-21,27H,4-5,7,9-10,12-15H2,1-3H3,(H2,25,26,28). The number of H-pyrrole nitrogens is 1. The summed E-state index contributed by atoms with van der Waals surface area (Å²) in [4.78, 5) is 11.0. The first-order valence-corrected chi connectivity index (χ1v) is 11.5. The van der Waals surface area contributed by atoms with Gasteiger partial charge in [0.1, 0.15) is 0 Å². The first-order valence-electron chi connectivity index (χ1n) is 11.5. The molecule has 1 aromatic heterocycles. The van der Waals surface area contributed by atoms with Gasteiger partial charge in [-0.05, 0) is 63.6 Å². The maximum Gasteiger partial charge on any atom is 0.191 e. The highest BCUT2D eigenvalue weighted by atomic mass is 15.2. The van der Waals surface area contributed by atoms with Crippen LogP contribution in [-0.2, 0) is 12.8 Å². The van der Waals surface area contributed by atoms with Crippen LogP contribution in [0.2, 0.25) is 0 Å². The topological polar surface area (TPSA) is 55.5 Å². The first-order chi connectivity index (χ1) is 14.2. The third-order valence-electron chi connectivity index (χ3n) is 6.94. The molecule has 2 aromatic rings. The van der Waals surface area contributed by atoms with Gasteiger partial charge in [0.2, 0.25) is 0 Å². The average molecular weight is 396 g/mol. The molecule has 0 amide bonds. The summed E-state index contributed by atoms with van der Waals surface area (Å²) >= 11 is 0. The molecule has 0 spiro atoms. The lowest BCUT2D eigenvalue weighted by Crippen LogP contribution is -2.56. The van der Waals surface area contributed by atoms with E-state index < -0.39 is 0 Å². The van der Waals surface area contributed by atoms with Crippen LogP contribution in [-0.4, -0.2) is 54.1 Å². The SMILES string of the molecule is CCNC(=NCCc1c[nH]c2c(CC)cccc12)NC1CC2CCCC(C1)N2C. The highest BCUT2D eigenvalue weighted by Crippen LogP contribution is 2.32. The number of hydrogen-bond acceptors (Lipinski definition) is 2. The highest BCUT2D eigenvalue weighted by molar-refractivity contribution is 5.86. The van der Waals surface area contributed by atoms with Crippen molar-refractivity contribution in [2.24, 2.45) is 4.99 Å². The Labute approximate surface area is 175 Å². The van der Waals surface area contributed by atoms with Crippen molar-refractivity contribution in [3.63, 3.8) is 0 Å². The molecular weight excluding hydrogens is 358 g/mol. The molecule has 2 bridgehead atoms. The highest BCUT2D eigenvalue weighted by Gasteiger charge is 2.36. The second-order valence-electron chi connectivity index (χ2n) is 8.73. The zero-order valence-corrected chi connectivity index (χ0v) is 18.3. The summed E-state index contributed by atoms with van der Waals surface area (Å²) in [6, 6.07) is 8.63. The van der Waals surface area contributed by atoms with E-state index in [1.165, 1.54) is 54.1 Å². The smallest absolute Gasteiger partial charge is 0.191 e. The van der Waals surface area contributed by atoms with Gasteiger partial charge in [0, 0.05) is 48.3 Å². The molecule has 2 saturated heterocycles. The fraction of sp³-hybridized carbons (Fsp3) is 0.625. The van der Waals surface area contributed by atoms with Gasteiger partial charge in [-0.3, -0.25) is 4.99 Å². The summed E-state index contributed by atoms with van der Waals surface area (Å²) in [5.74, 6) is 0.981. The zero-order chi connectivity index (χ0) is 20.2. The Morgan fingerprint density at radius 2 is 1.97 bits per heavy atom. The second kappa shape index (κ2) is 9.21. The number of aryl methyl sites for hydroxylation is 1. The Balaban J connectivity index is 1.39. The molecule has 0 saturated carbocycles. The van der Waals surface area contributed by atoms with Crippen LogP contribution in [0.5, 0.6) is 0 Å². The van der Waals surface area contributed by atoms with Crippen LogP contribution in [0.1, 0.15) is 57.1 Å². The molecule has 0 radical (unpaired) electrons. The zero-order valence-electron chi connectivity index (χ0n) is 18.3. The minimum absolute atomic E-state index is 0.541. The summed E-state index contributed by atoms with van der Waals surface area (Å²) in [5, 5.41) is 8.55. The number of nitrogens with zero attached hydrogens (tertiary/aromatic N) is 2. The van der Waals surface area contributed by atoms with Crippen LogP contribution in [0.15, 0.2) is 29.4 Å². The minimum atomic E-state index is 0.541. The third-order valence-corrected chi connectivity index (χ3v) is 6.94. The van der Waals surface area contributed by atoms with E-state index in [1.807, 2.05) is 0 Å². The van der Waals surface area contributed by atoms with E-state index in [0.717, 1.165) is 44.0 Å². The van der Waals surface area contributed by atoms with E-state index >= 15 is 0 Å². The molecule has 5 heteroatoms. The maximum absolute atomic E-state index is 4.91. The number of piperidine rings is 2. The normalized spacial score (nSPS) is 25.3. The summed E-state index contributed by atoms with van der Waals surface area (Å²) < 4.78 is 0. The number of rotatable bonds is 6. The van der Waals surface area contributed by atoms with Crippen molar-refractivity contribution in [3.05, 3.63) is 35.5 Å². The Kier molecular flexibility index (Phi) is 6.43. The van der Waals surface area contributed by atoms with E-state index in [1.54, 1.807) is 0 Å². The number of para-hydroxylation sites is 1. The average Bonchev–Trinajstić information content (AvgIpc) is 3.12. The summed E-state index contributed by atoms with van der Waals surface area (Å²) in [5.41, 5.74) is 4.04. The molecule has 0 aliphatic carbocycles. The number of aromatic amines is 1. The number of benzene rings is 1. The van der Waals surface area contributed by atoms with Gasteiger partial charge in [-0.1, -0.05) is 31.5 Å². The van der Waals surface area contributed by atoms with Crippen LogP contribution in [0.4, 0.5) is 0 Å². The van der Waals surface area contributed by atoms with E-state index in [4.69, 9.17) is 4.99 Å². The quantitative estimate of drug-likeness (QED) is 0.514. The van der Waals surface area contributed by atoms with Crippen molar-refractivity contribution >= 4 is 16.9 Å². The van der Waals surface area contributed by atoms with Gasteiger partial charge < -0.3 is 20.5 Å². The van der Waals surface area contributed by atoms with Gasteiger partial charge in [0.25, 0.3) is 0 Å². The number of hydrogen-bond donors (Lipinski definition) is 3. The Hall–Kier alpha value is -2.01. The van der Waals surface area contributed by atoms with Crippen LogP contribution < -0.4 is 10.6 Å². The molecule has 5 nitrogen and oxygen atoms in total. The minimum Gasteiger partial charge on any atom is -0.361 e. The third kappa shape index (κ3) is 4.45. The van der Waals surface area contributed by atoms with Crippen molar-refractivity contribution in [2.75, 3.05) is 20.1 Å². The second-order valence-corrected chi connectivity index (χ2v) is 8.73. The van der Waals surface area contributed by atoms with Crippen molar-refractivity contribution in [2.45, 2.75) is 76.9 Å². The summed E-state index contributed by atoms with van der Waals surface area (Å²) in [6.45, 7) is 6.06. The van der Waals surface area contributed by atoms with Crippen molar-refractivity contribution < 1.29 is 0 Å². The molecule has 2 aliphatic heterocycles. The number of guanidine groups is 1. The monoisotopic (exact) mass is 395 g/mol. The van der Waals surface area contributed by atoms with Crippen LogP contribution in [0.3, 0.4) is 0 Å². The molecular formula is C24H37N5. The lowest BCUT2D eigenvalue weighted by atomic mass is 9.82. The Bertz CT molecular complexity index is 825. The Morgan fingerprint density at radius 3 is 2.69 bits per heavy atom. The molecule has 158 valence electrons. The largest absolute Gasteiger partial charge is 0.361 e. The number of aromatic nitrogens is 1. The van der Waals surface area contributed by atoms with E-state index in [9.17, 15) is 0 Å². The summed E-state index contributed by atoms with van der Waals surface area (Å²) in [7, 11) is 2.31. The summed E-state index contributed by atoms with van der Waals surface area (Å²) in [6.07, 6.45) is 10.7. The van der Waals surface area contributed by atoms with Gasteiger partial charge in [-0.25, -0.2) is 0 Å². The fourth-order valence-corrected chi connectivity index (χ4v) is 5.31. The molecule has 3 heterocycles. The number of nitrogens with one attached hydrogen (secondary N) is 3. The van der Waals surface area contributed by atoms with Crippen LogP contribution >= 0.6 is 0 Å². The lowest BCUT2D eigenvalue weighted by molar-refractivity contribution is 0.0526. The molecule has 2 fully saturated rings. The van der Waals surface area contributed by atoms with Crippen molar-refractivity contribution in [3.8, 4) is 0 Å². The van der Waals surface area contributed by atoms with E-state index in [2.05, 4.69) is 65.8 Å². The molecule has 2 unspecified atom stereocenters. The molecule has 2 aliphatic rings. The van der Waals surface area contributed by atoms with Gasteiger partial charge in [-0.2, -0.15) is 0 Å². The van der Waals surface area contributed by atoms with Gasteiger partial charge >= 0.3 is 0 Å². The molecule has 1 aromatic carbocycles.